The van der Waals surface area contributed by atoms with Gasteiger partial charge in [0.05, 0.1) is 0 Å². The van der Waals surface area contributed by atoms with Gasteiger partial charge in [0.1, 0.15) is 0 Å². The fourth-order valence-electron chi connectivity index (χ4n) is 7.65. The molecule has 0 unspecified atom stereocenters. The maximum absolute atomic E-state index is 11.1. The molecule has 0 aliphatic carbocycles. The van der Waals surface area contributed by atoms with Crippen LogP contribution in [0.2, 0.25) is 0 Å². The first-order valence-electron chi connectivity index (χ1n) is 23.9. The predicted octanol–water partition coefficient (Wildman–Crippen LogP) is 9.50. The van der Waals surface area contributed by atoms with Gasteiger partial charge in [-0.2, -0.15) is 0 Å². The molecule has 2 fully saturated rings. The van der Waals surface area contributed by atoms with Crippen molar-refractivity contribution in [2.75, 3.05) is 65.7 Å². The number of nitrogens with zero attached hydrogens (tertiary/aromatic N) is 2. The minimum Gasteiger partial charge on any atom is -0.832 e. The van der Waals surface area contributed by atoms with Gasteiger partial charge < -0.3 is 28.7 Å². The summed E-state index contributed by atoms with van der Waals surface area (Å²) in [6, 6.07) is 0. The zero-order valence-corrected chi connectivity index (χ0v) is 39.1. The van der Waals surface area contributed by atoms with Crippen LogP contribution in [0.4, 0.5) is 0 Å². The zero-order chi connectivity index (χ0) is 38.8. The standard InChI is InChI=1S/2C22H45BNO3.Ca/c2*1-2-3-4-5-6-7-8-9-10-11-12-13-14-15-16-17-18-24-19-21-26-23(25)27-22-20-24;/h2*2-22H2,1H3;/q2*-1;+2. The van der Waals surface area contributed by atoms with Crippen molar-refractivity contribution in [1.29, 1.82) is 0 Å². The van der Waals surface area contributed by atoms with Gasteiger partial charge in [-0.1, -0.05) is 206 Å². The molecule has 2 heterocycles. The first-order chi connectivity index (χ1) is 26.7. The molecule has 2 saturated heterocycles. The van der Waals surface area contributed by atoms with Crippen LogP contribution in [0, 0.1) is 0 Å². The SMILES string of the molecule is CCCCCCCCCCCCCCCCCCN1CCOB([O-])OCC1.CCCCCCCCCCCCCCCCCCN1CCOB([O-])OCC1.[Ca+2]. The van der Waals surface area contributed by atoms with E-state index in [-0.39, 0.29) is 37.7 Å². The second kappa shape index (κ2) is 46.1. The molecule has 2 aliphatic heterocycles. The number of rotatable bonds is 34. The van der Waals surface area contributed by atoms with Gasteiger partial charge in [-0.15, -0.1) is 0 Å². The van der Waals surface area contributed by atoms with Gasteiger partial charge in [-0.3, -0.25) is 9.80 Å². The summed E-state index contributed by atoms with van der Waals surface area (Å²) < 4.78 is 20.1. The van der Waals surface area contributed by atoms with Crippen LogP contribution in [0.3, 0.4) is 0 Å². The molecule has 0 spiro atoms. The Morgan fingerprint density at radius 3 is 0.709 bits per heavy atom. The van der Waals surface area contributed by atoms with Gasteiger partial charge in [0.2, 0.25) is 0 Å². The van der Waals surface area contributed by atoms with Crippen LogP contribution in [-0.2, 0) is 18.6 Å². The molecule has 0 saturated carbocycles. The molecule has 2 aliphatic rings. The average Bonchev–Trinajstić information content (AvgIpc) is 3.15. The largest absolute Gasteiger partial charge is 2.00 e. The van der Waals surface area contributed by atoms with Gasteiger partial charge in [0.15, 0.2) is 0 Å². The molecule has 0 aromatic heterocycles. The second-order valence-corrected chi connectivity index (χ2v) is 16.4. The molecule has 0 aromatic carbocycles. The van der Waals surface area contributed by atoms with Crippen molar-refractivity contribution in [2.24, 2.45) is 0 Å². The molecule has 0 bridgehead atoms. The molecule has 0 aromatic rings. The quantitative estimate of drug-likeness (QED) is 0.0470. The van der Waals surface area contributed by atoms with Crippen molar-refractivity contribution < 1.29 is 28.7 Å². The molecule has 2 rings (SSSR count). The molecule has 55 heavy (non-hydrogen) atoms. The van der Waals surface area contributed by atoms with E-state index in [1.54, 1.807) is 0 Å². The summed E-state index contributed by atoms with van der Waals surface area (Å²) in [6.45, 7) is 12.2. The Morgan fingerprint density at radius 2 is 0.509 bits per heavy atom. The third-order valence-electron chi connectivity index (χ3n) is 11.3. The van der Waals surface area contributed by atoms with Gasteiger partial charge in [0.25, 0.3) is 0 Å². The molecule has 8 nitrogen and oxygen atoms in total. The minimum absolute atomic E-state index is 0. The molecule has 0 atom stereocenters. The molecule has 0 N–H and O–H groups in total. The summed E-state index contributed by atoms with van der Waals surface area (Å²) in [5, 5.41) is 22.2. The number of unbranched alkanes of at least 4 members (excludes halogenated alkanes) is 30. The van der Waals surface area contributed by atoms with Gasteiger partial charge in [-0.05, 0) is 25.9 Å². The maximum atomic E-state index is 11.1. The monoisotopic (exact) mass is 805 g/mol. The van der Waals surface area contributed by atoms with Crippen LogP contribution in [-0.4, -0.2) is 128 Å². The Morgan fingerprint density at radius 1 is 0.327 bits per heavy atom. The summed E-state index contributed by atoms with van der Waals surface area (Å²) >= 11 is 0. The summed E-state index contributed by atoms with van der Waals surface area (Å²) in [6.07, 6.45) is 45.0. The van der Waals surface area contributed by atoms with Crippen molar-refractivity contribution in [1.82, 2.24) is 9.80 Å². The first kappa shape index (κ1) is 56.1. The molecule has 0 amide bonds. The first-order valence-corrected chi connectivity index (χ1v) is 23.9. The van der Waals surface area contributed by atoms with Crippen molar-refractivity contribution in [3.8, 4) is 0 Å². The predicted molar refractivity (Wildman–Crippen MR) is 233 cm³/mol. The van der Waals surface area contributed by atoms with Crippen molar-refractivity contribution in [3.05, 3.63) is 0 Å². The van der Waals surface area contributed by atoms with E-state index in [2.05, 4.69) is 23.6 Å². The molecular weight excluding hydrogens is 714 g/mol. The topological polar surface area (TPSA) is 89.5 Å². The Hall–Kier alpha value is 1.07. The van der Waals surface area contributed by atoms with E-state index in [1.807, 2.05) is 0 Å². The fourth-order valence-corrected chi connectivity index (χ4v) is 7.65. The van der Waals surface area contributed by atoms with E-state index >= 15 is 0 Å². The molecule has 0 radical (unpaired) electrons. The van der Waals surface area contributed by atoms with Crippen LogP contribution in [0.1, 0.15) is 219 Å². The summed E-state index contributed by atoms with van der Waals surface area (Å²) in [4.78, 5) is 4.71. The van der Waals surface area contributed by atoms with E-state index < -0.39 is 14.6 Å². The Labute approximate surface area is 373 Å². The van der Waals surface area contributed by atoms with Gasteiger partial charge in [-0.25, -0.2) is 0 Å². The van der Waals surface area contributed by atoms with Crippen LogP contribution in [0.15, 0.2) is 0 Å². The third kappa shape index (κ3) is 41.6. The van der Waals surface area contributed by atoms with Crippen LogP contribution >= 0.6 is 0 Å². The van der Waals surface area contributed by atoms with E-state index in [1.165, 1.54) is 205 Å². The van der Waals surface area contributed by atoms with Crippen LogP contribution in [0.5, 0.6) is 0 Å². The van der Waals surface area contributed by atoms with E-state index in [0.29, 0.717) is 26.4 Å². The smallest absolute Gasteiger partial charge is 0.832 e. The van der Waals surface area contributed by atoms with E-state index in [0.717, 1.165) is 39.3 Å². The Kier molecular flexibility index (Phi) is 47.0. The van der Waals surface area contributed by atoms with Crippen LogP contribution in [0.25, 0.3) is 0 Å². The second-order valence-electron chi connectivity index (χ2n) is 16.4. The molecular formula is C44H90B2CaN2O6. The Balaban J connectivity index is 0.00000104. The van der Waals surface area contributed by atoms with E-state index in [4.69, 9.17) is 18.6 Å². The minimum atomic E-state index is -1.28. The van der Waals surface area contributed by atoms with Crippen LogP contribution < -0.4 is 10.0 Å². The zero-order valence-electron chi connectivity index (χ0n) is 36.9. The van der Waals surface area contributed by atoms with E-state index in [9.17, 15) is 10.0 Å². The molecule has 320 valence electrons. The molecule has 11 heteroatoms. The fraction of sp³-hybridized carbons (Fsp3) is 1.00. The summed E-state index contributed by atoms with van der Waals surface area (Å²) in [5.41, 5.74) is 0. The number of hydrogen-bond acceptors (Lipinski definition) is 8. The third-order valence-corrected chi connectivity index (χ3v) is 11.3. The average molecular weight is 805 g/mol. The van der Waals surface area contributed by atoms with Crippen molar-refractivity contribution >= 4 is 52.4 Å². The Bertz CT molecular complexity index is 660. The summed E-state index contributed by atoms with van der Waals surface area (Å²) in [7, 11) is -2.55. The maximum Gasteiger partial charge on any atom is 2.00 e. The normalized spacial score (nSPS) is 16.1. The van der Waals surface area contributed by atoms with Gasteiger partial charge in [0, 0.05) is 52.6 Å². The number of hydrogen-bond donors (Lipinski definition) is 0. The van der Waals surface area contributed by atoms with Crippen molar-refractivity contribution in [3.63, 3.8) is 0 Å². The summed E-state index contributed by atoms with van der Waals surface area (Å²) in [5.74, 6) is 0. The van der Waals surface area contributed by atoms with Crippen molar-refractivity contribution in [2.45, 2.75) is 219 Å². The van der Waals surface area contributed by atoms with Gasteiger partial charge >= 0.3 is 52.4 Å².